The lowest BCUT2D eigenvalue weighted by molar-refractivity contribution is -0.138. The number of sulfonamides is 1. The van der Waals surface area contributed by atoms with Gasteiger partial charge in [0.15, 0.2) is 0 Å². The van der Waals surface area contributed by atoms with Crippen LogP contribution in [0.1, 0.15) is 38.7 Å². The van der Waals surface area contributed by atoms with E-state index in [9.17, 15) is 26.4 Å². The molecular weight excluding hydrogens is 431 g/mol. The zero-order valence-corrected chi connectivity index (χ0v) is 18.8. The van der Waals surface area contributed by atoms with Crippen LogP contribution in [-0.2, 0) is 21.0 Å². The smallest absolute Gasteiger partial charge is 0.341 e. The number of likely N-dealkylation sites (N-methyl/N-ethyl adjacent to an activating group) is 1. The fourth-order valence-electron chi connectivity index (χ4n) is 4.75. The number of halogens is 3. The lowest BCUT2D eigenvalue weighted by atomic mass is 9.94. The number of benzene rings is 1. The molecule has 3 rings (SSSR count). The zero-order valence-electron chi connectivity index (χ0n) is 18.0. The maximum absolute atomic E-state index is 13.0. The van der Waals surface area contributed by atoms with Crippen LogP contribution in [0.25, 0.3) is 0 Å². The predicted octanol–water partition coefficient (Wildman–Crippen LogP) is 2.94. The first kappa shape index (κ1) is 24.0. The van der Waals surface area contributed by atoms with Gasteiger partial charge in [0.25, 0.3) is 0 Å². The van der Waals surface area contributed by atoms with Crippen LogP contribution in [0.3, 0.4) is 0 Å². The molecule has 0 spiro atoms. The van der Waals surface area contributed by atoms with E-state index in [4.69, 9.17) is 5.73 Å². The highest BCUT2D eigenvalue weighted by molar-refractivity contribution is 7.89. The summed E-state index contributed by atoms with van der Waals surface area (Å²) in [6.45, 7) is 4.33. The third kappa shape index (κ3) is 4.61. The van der Waals surface area contributed by atoms with Crippen LogP contribution in [0.15, 0.2) is 29.2 Å². The van der Waals surface area contributed by atoms with E-state index in [1.807, 2.05) is 13.8 Å². The molecule has 0 unspecified atom stereocenters. The Balaban J connectivity index is 1.77. The van der Waals surface area contributed by atoms with Gasteiger partial charge in [-0.15, -0.1) is 0 Å². The van der Waals surface area contributed by atoms with Crippen molar-refractivity contribution < 1.29 is 26.4 Å². The second-order valence-electron chi connectivity index (χ2n) is 8.78. The molecule has 0 aromatic heterocycles. The molecule has 2 aliphatic rings. The second kappa shape index (κ2) is 8.71. The average Bonchev–Trinajstić information content (AvgIpc) is 3.32. The molecule has 5 atom stereocenters. The molecular formula is C21H30F3N3O3S. The quantitative estimate of drug-likeness (QED) is 0.706. The number of nitrogens with zero attached hydrogens (tertiary/aromatic N) is 2. The Labute approximate surface area is 181 Å². The van der Waals surface area contributed by atoms with Gasteiger partial charge in [0.2, 0.25) is 15.9 Å². The SMILES string of the molecule is CC[C@H](C)[C@H](N)C(=O)N(C)[C@H]1CC[C@@H]2CN(S(=O)(=O)c3cccc(C(F)(F)F)c3)C[C@@H]21. The predicted molar refractivity (Wildman–Crippen MR) is 110 cm³/mol. The van der Waals surface area contributed by atoms with Gasteiger partial charge in [-0.3, -0.25) is 4.79 Å². The van der Waals surface area contributed by atoms with Gasteiger partial charge in [0, 0.05) is 26.2 Å². The third-order valence-corrected chi connectivity index (χ3v) is 8.80. The van der Waals surface area contributed by atoms with Crippen molar-refractivity contribution in [3.8, 4) is 0 Å². The molecule has 1 amide bonds. The van der Waals surface area contributed by atoms with E-state index in [2.05, 4.69) is 0 Å². The molecule has 10 heteroatoms. The van der Waals surface area contributed by atoms with E-state index < -0.39 is 27.8 Å². The van der Waals surface area contributed by atoms with Crippen LogP contribution in [-0.4, -0.2) is 55.8 Å². The number of hydrogen-bond donors (Lipinski definition) is 1. The summed E-state index contributed by atoms with van der Waals surface area (Å²) in [5, 5.41) is 0. The molecule has 31 heavy (non-hydrogen) atoms. The molecule has 1 aliphatic heterocycles. The number of amides is 1. The number of fused-ring (bicyclic) bond motifs is 1. The van der Waals surface area contributed by atoms with Crippen molar-refractivity contribution in [1.82, 2.24) is 9.21 Å². The third-order valence-electron chi connectivity index (χ3n) is 6.97. The number of carbonyl (C=O) groups is 1. The second-order valence-corrected chi connectivity index (χ2v) is 10.7. The van der Waals surface area contributed by atoms with Crippen LogP contribution in [0.2, 0.25) is 0 Å². The molecule has 1 aromatic rings. The Bertz CT molecular complexity index is 922. The minimum absolute atomic E-state index is 0.0357. The van der Waals surface area contributed by atoms with E-state index in [0.717, 1.165) is 31.4 Å². The molecule has 1 aromatic carbocycles. The number of carbonyl (C=O) groups excluding carboxylic acids is 1. The van der Waals surface area contributed by atoms with Crippen molar-refractivity contribution in [1.29, 1.82) is 0 Å². The average molecular weight is 462 g/mol. The zero-order chi connectivity index (χ0) is 23.1. The molecule has 1 saturated heterocycles. The summed E-state index contributed by atoms with van der Waals surface area (Å²) >= 11 is 0. The van der Waals surface area contributed by atoms with Gasteiger partial charge >= 0.3 is 6.18 Å². The lowest BCUT2D eigenvalue weighted by Gasteiger charge is -2.33. The van der Waals surface area contributed by atoms with Gasteiger partial charge < -0.3 is 10.6 Å². The Morgan fingerprint density at radius 2 is 1.97 bits per heavy atom. The first-order chi connectivity index (χ1) is 14.4. The Hall–Kier alpha value is -1.65. The summed E-state index contributed by atoms with van der Waals surface area (Å²) in [5.41, 5.74) is 5.12. The van der Waals surface area contributed by atoms with Gasteiger partial charge in [-0.1, -0.05) is 26.3 Å². The highest BCUT2D eigenvalue weighted by Gasteiger charge is 2.49. The van der Waals surface area contributed by atoms with Crippen LogP contribution < -0.4 is 5.73 Å². The fourth-order valence-corrected chi connectivity index (χ4v) is 6.33. The monoisotopic (exact) mass is 461 g/mol. The highest BCUT2D eigenvalue weighted by atomic mass is 32.2. The van der Waals surface area contributed by atoms with Crippen molar-refractivity contribution in [2.75, 3.05) is 20.1 Å². The molecule has 2 fully saturated rings. The molecule has 0 bridgehead atoms. The number of hydrogen-bond acceptors (Lipinski definition) is 4. The van der Waals surface area contributed by atoms with E-state index in [-0.39, 0.29) is 47.7 Å². The molecule has 6 nitrogen and oxygen atoms in total. The highest BCUT2D eigenvalue weighted by Crippen LogP contribution is 2.42. The molecule has 1 saturated carbocycles. The van der Waals surface area contributed by atoms with E-state index in [1.54, 1.807) is 11.9 Å². The first-order valence-corrected chi connectivity index (χ1v) is 12.0. The van der Waals surface area contributed by atoms with Crippen molar-refractivity contribution in [3.05, 3.63) is 29.8 Å². The topological polar surface area (TPSA) is 83.7 Å². The molecule has 2 N–H and O–H groups in total. The van der Waals surface area contributed by atoms with Crippen LogP contribution in [0, 0.1) is 17.8 Å². The minimum Gasteiger partial charge on any atom is -0.341 e. The number of rotatable bonds is 6. The summed E-state index contributed by atoms with van der Waals surface area (Å²) in [5.74, 6) is -0.105. The van der Waals surface area contributed by atoms with E-state index >= 15 is 0 Å². The Morgan fingerprint density at radius 3 is 2.58 bits per heavy atom. The van der Waals surface area contributed by atoms with Crippen molar-refractivity contribution in [2.24, 2.45) is 23.5 Å². The molecule has 1 heterocycles. The van der Waals surface area contributed by atoms with Crippen LogP contribution >= 0.6 is 0 Å². The van der Waals surface area contributed by atoms with Crippen molar-refractivity contribution in [3.63, 3.8) is 0 Å². The first-order valence-electron chi connectivity index (χ1n) is 10.6. The largest absolute Gasteiger partial charge is 0.416 e. The Morgan fingerprint density at radius 1 is 1.29 bits per heavy atom. The number of nitrogens with two attached hydrogens (primary N) is 1. The summed E-state index contributed by atoms with van der Waals surface area (Å²) < 4.78 is 66.4. The minimum atomic E-state index is -4.62. The van der Waals surface area contributed by atoms with Crippen LogP contribution in [0.4, 0.5) is 13.2 Å². The van der Waals surface area contributed by atoms with Gasteiger partial charge in [-0.25, -0.2) is 8.42 Å². The molecule has 174 valence electrons. The van der Waals surface area contributed by atoms with E-state index in [0.29, 0.717) is 6.07 Å². The van der Waals surface area contributed by atoms with Crippen LogP contribution in [0.5, 0.6) is 0 Å². The number of alkyl halides is 3. The summed E-state index contributed by atoms with van der Waals surface area (Å²) in [7, 11) is -2.35. The van der Waals surface area contributed by atoms with Gasteiger partial charge in [0.1, 0.15) is 0 Å². The molecule has 0 radical (unpaired) electrons. The van der Waals surface area contributed by atoms with Gasteiger partial charge in [-0.2, -0.15) is 17.5 Å². The molecule has 1 aliphatic carbocycles. The van der Waals surface area contributed by atoms with Crippen molar-refractivity contribution in [2.45, 2.75) is 56.3 Å². The summed E-state index contributed by atoms with van der Waals surface area (Å²) in [4.78, 5) is 14.1. The fraction of sp³-hybridized carbons (Fsp3) is 0.667. The van der Waals surface area contributed by atoms with Crippen molar-refractivity contribution >= 4 is 15.9 Å². The summed E-state index contributed by atoms with van der Waals surface area (Å²) in [6.07, 6.45) is -2.31. The maximum atomic E-state index is 13.0. The standard InChI is InChI=1S/C21H30F3N3O3S/c1-4-13(2)19(25)20(28)26(3)18-9-8-14-11-27(12-17(14)18)31(29,30)16-7-5-6-15(10-16)21(22,23)24/h5-7,10,13-14,17-19H,4,8-9,11-12,25H2,1-3H3/t13-,14+,17-,18-,19-/m0/s1. The van der Waals surface area contributed by atoms with Gasteiger partial charge in [-0.05, 0) is 48.8 Å². The Kier molecular flexibility index (Phi) is 6.74. The normalized spacial score (nSPS) is 26.5. The van der Waals surface area contributed by atoms with Gasteiger partial charge in [0.05, 0.1) is 16.5 Å². The lowest BCUT2D eigenvalue weighted by Crippen LogP contribution is -2.50. The maximum Gasteiger partial charge on any atom is 0.416 e. The van der Waals surface area contributed by atoms with E-state index in [1.165, 1.54) is 10.4 Å². The summed E-state index contributed by atoms with van der Waals surface area (Å²) in [6, 6.07) is 3.10.